The Labute approximate surface area is 60.6 Å². The Morgan fingerprint density at radius 3 is 2.50 bits per heavy atom. The van der Waals surface area contributed by atoms with E-state index in [0.29, 0.717) is 12.8 Å². The van der Waals surface area contributed by atoms with Crippen molar-refractivity contribution in [3.8, 4) is 0 Å². The monoisotopic (exact) mass is 148 g/mol. The Morgan fingerprint density at radius 2 is 2.10 bits per heavy atom. The minimum absolute atomic E-state index is 0.117. The van der Waals surface area contributed by atoms with Gasteiger partial charge in [-0.1, -0.05) is 13.3 Å². The van der Waals surface area contributed by atoms with Crippen LogP contribution in [-0.4, -0.2) is 5.92 Å². The van der Waals surface area contributed by atoms with Crippen molar-refractivity contribution < 1.29 is 8.78 Å². The molecule has 0 saturated heterocycles. The molecule has 10 heavy (non-hydrogen) atoms. The van der Waals surface area contributed by atoms with Gasteiger partial charge in [0.15, 0.2) is 0 Å². The molecule has 1 aliphatic rings. The van der Waals surface area contributed by atoms with E-state index in [2.05, 4.69) is 0 Å². The van der Waals surface area contributed by atoms with E-state index in [1.807, 2.05) is 6.92 Å². The molecular weight excluding hydrogens is 134 g/mol. The smallest absolute Gasteiger partial charge is 0.207 e. The highest BCUT2D eigenvalue weighted by Gasteiger charge is 2.39. The number of alkyl halides is 2. The normalized spacial score (nSPS) is 32.1. The van der Waals surface area contributed by atoms with Gasteiger partial charge in [-0.3, -0.25) is 0 Å². The second kappa shape index (κ2) is 2.85. The summed E-state index contributed by atoms with van der Waals surface area (Å²) in [4.78, 5) is 0. The molecule has 0 radical (unpaired) electrons. The van der Waals surface area contributed by atoms with E-state index < -0.39 is 5.92 Å². The fourth-order valence-corrected chi connectivity index (χ4v) is 1.67. The van der Waals surface area contributed by atoms with E-state index in [4.69, 9.17) is 0 Å². The molecule has 0 nitrogen and oxygen atoms in total. The Kier molecular flexibility index (Phi) is 2.27. The Morgan fingerprint density at radius 1 is 1.40 bits per heavy atom. The molecular formula is C8H14F2. The van der Waals surface area contributed by atoms with Gasteiger partial charge in [-0.25, -0.2) is 8.78 Å². The summed E-state index contributed by atoms with van der Waals surface area (Å²) in [5.74, 6) is -2.69. The maximum atomic E-state index is 12.9. The summed E-state index contributed by atoms with van der Waals surface area (Å²) >= 11 is 0. The summed E-state index contributed by atoms with van der Waals surface area (Å²) in [6, 6.07) is 0. The van der Waals surface area contributed by atoms with Crippen molar-refractivity contribution in [3.05, 3.63) is 0 Å². The van der Waals surface area contributed by atoms with Crippen molar-refractivity contribution in [3.63, 3.8) is 0 Å². The number of hydrogen-bond acceptors (Lipinski definition) is 0. The van der Waals surface area contributed by atoms with Gasteiger partial charge in [0.05, 0.1) is 0 Å². The Bertz CT molecular complexity index is 110. The molecule has 0 amide bonds. The second-order valence-corrected chi connectivity index (χ2v) is 3.11. The van der Waals surface area contributed by atoms with Crippen LogP contribution in [0.15, 0.2) is 0 Å². The first-order chi connectivity index (χ1) is 4.67. The van der Waals surface area contributed by atoms with Gasteiger partial charge in [0.2, 0.25) is 0 Å². The Hall–Kier alpha value is -0.140. The minimum Gasteiger partial charge on any atom is -0.207 e. The third-order valence-electron chi connectivity index (χ3n) is 2.40. The SMILES string of the molecule is CCC1CCCCC1(F)F. The van der Waals surface area contributed by atoms with Gasteiger partial charge in [0.25, 0.3) is 5.92 Å². The van der Waals surface area contributed by atoms with Crippen LogP contribution in [0.3, 0.4) is 0 Å². The maximum absolute atomic E-state index is 12.9. The van der Waals surface area contributed by atoms with E-state index >= 15 is 0 Å². The average molecular weight is 148 g/mol. The molecule has 1 atom stereocenters. The first kappa shape index (κ1) is 7.96. The predicted octanol–water partition coefficient (Wildman–Crippen LogP) is 3.22. The highest BCUT2D eigenvalue weighted by Crippen LogP contribution is 2.39. The second-order valence-electron chi connectivity index (χ2n) is 3.11. The molecule has 0 bridgehead atoms. The summed E-state index contributed by atoms with van der Waals surface area (Å²) in [7, 11) is 0. The van der Waals surface area contributed by atoms with Crippen LogP contribution in [0, 0.1) is 5.92 Å². The minimum atomic E-state index is -2.35. The molecule has 2 heteroatoms. The number of rotatable bonds is 1. The first-order valence-corrected chi connectivity index (χ1v) is 4.04. The topological polar surface area (TPSA) is 0 Å². The van der Waals surface area contributed by atoms with Gasteiger partial charge in [-0.15, -0.1) is 0 Å². The van der Waals surface area contributed by atoms with Crippen LogP contribution in [0.2, 0.25) is 0 Å². The third-order valence-corrected chi connectivity index (χ3v) is 2.40. The zero-order valence-electron chi connectivity index (χ0n) is 6.37. The van der Waals surface area contributed by atoms with Crippen molar-refractivity contribution in [1.29, 1.82) is 0 Å². The lowest BCUT2D eigenvalue weighted by Gasteiger charge is -2.30. The fourth-order valence-electron chi connectivity index (χ4n) is 1.67. The molecule has 0 aromatic heterocycles. The lowest BCUT2D eigenvalue weighted by Crippen LogP contribution is -2.30. The van der Waals surface area contributed by atoms with Gasteiger partial charge in [-0.2, -0.15) is 0 Å². The molecule has 0 spiro atoms. The van der Waals surface area contributed by atoms with Crippen molar-refractivity contribution in [1.82, 2.24) is 0 Å². The van der Waals surface area contributed by atoms with Crippen LogP contribution in [0.4, 0.5) is 8.78 Å². The van der Waals surface area contributed by atoms with Crippen molar-refractivity contribution in [2.24, 2.45) is 5.92 Å². The molecule has 0 aromatic rings. The van der Waals surface area contributed by atoms with Crippen molar-refractivity contribution >= 4 is 0 Å². The van der Waals surface area contributed by atoms with Gasteiger partial charge in [-0.05, 0) is 19.3 Å². The summed E-state index contributed by atoms with van der Waals surface area (Å²) in [6.07, 6.45) is 3.18. The highest BCUT2D eigenvalue weighted by atomic mass is 19.3. The van der Waals surface area contributed by atoms with E-state index in [9.17, 15) is 8.78 Å². The lowest BCUT2D eigenvalue weighted by molar-refractivity contribution is -0.0864. The molecule has 0 aliphatic heterocycles. The molecule has 1 rings (SSSR count). The summed E-state index contributed by atoms with van der Waals surface area (Å²) < 4.78 is 25.7. The molecule has 1 aliphatic carbocycles. The number of hydrogen-bond donors (Lipinski definition) is 0. The molecule has 1 unspecified atom stereocenters. The molecule has 0 aromatic carbocycles. The largest absolute Gasteiger partial charge is 0.250 e. The quantitative estimate of drug-likeness (QED) is 0.535. The molecule has 0 heterocycles. The van der Waals surface area contributed by atoms with Crippen LogP contribution >= 0.6 is 0 Å². The van der Waals surface area contributed by atoms with Gasteiger partial charge < -0.3 is 0 Å². The summed E-state index contributed by atoms with van der Waals surface area (Å²) in [5, 5.41) is 0. The van der Waals surface area contributed by atoms with Crippen LogP contribution in [0.25, 0.3) is 0 Å². The van der Waals surface area contributed by atoms with E-state index in [1.54, 1.807) is 0 Å². The standard InChI is InChI=1S/C8H14F2/c1-2-7-5-3-4-6-8(7,9)10/h7H,2-6H2,1H3. The van der Waals surface area contributed by atoms with Crippen molar-refractivity contribution in [2.45, 2.75) is 45.0 Å². The van der Waals surface area contributed by atoms with Gasteiger partial charge in [0, 0.05) is 12.3 Å². The first-order valence-electron chi connectivity index (χ1n) is 4.04. The summed E-state index contributed by atoms with van der Waals surface area (Å²) in [6.45, 7) is 1.85. The van der Waals surface area contributed by atoms with E-state index in [-0.39, 0.29) is 12.3 Å². The third kappa shape index (κ3) is 1.47. The molecule has 1 saturated carbocycles. The average Bonchev–Trinajstić information content (AvgIpc) is 1.87. The molecule has 1 fully saturated rings. The van der Waals surface area contributed by atoms with E-state index in [1.165, 1.54) is 0 Å². The lowest BCUT2D eigenvalue weighted by atomic mass is 9.84. The Balaban J connectivity index is 2.51. The molecule has 0 N–H and O–H groups in total. The fraction of sp³-hybridized carbons (Fsp3) is 1.00. The van der Waals surface area contributed by atoms with Gasteiger partial charge in [0.1, 0.15) is 0 Å². The summed E-state index contributed by atoms with van der Waals surface area (Å²) in [5.41, 5.74) is 0. The highest BCUT2D eigenvalue weighted by molar-refractivity contribution is 4.80. The molecule has 60 valence electrons. The number of halogens is 2. The van der Waals surface area contributed by atoms with Gasteiger partial charge >= 0.3 is 0 Å². The van der Waals surface area contributed by atoms with Crippen LogP contribution in [-0.2, 0) is 0 Å². The zero-order chi connectivity index (χ0) is 7.61. The predicted molar refractivity (Wildman–Crippen MR) is 37.2 cm³/mol. The van der Waals surface area contributed by atoms with Crippen LogP contribution in [0.5, 0.6) is 0 Å². The maximum Gasteiger partial charge on any atom is 0.250 e. The zero-order valence-corrected chi connectivity index (χ0v) is 6.37. The van der Waals surface area contributed by atoms with E-state index in [0.717, 1.165) is 12.8 Å². The van der Waals surface area contributed by atoms with Crippen LogP contribution < -0.4 is 0 Å². The van der Waals surface area contributed by atoms with Crippen LogP contribution in [0.1, 0.15) is 39.0 Å². The van der Waals surface area contributed by atoms with Crippen molar-refractivity contribution in [2.75, 3.05) is 0 Å².